The number of rotatable bonds is 0. The third-order valence-corrected chi connectivity index (χ3v) is 8.94. The molecule has 0 aliphatic carbocycles. The topological polar surface area (TPSA) is 267 Å². The van der Waals surface area contributed by atoms with Crippen LogP contribution in [0, 0.1) is 0 Å². The van der Waals surface area contributed by atoms with Crippen LogP contribution in [0.5, 0.6) is 17.2 Å². The Morgan fingerprint density at radius 2 is 0.925 bits per heavy atom. The number of para-hydroxylation sites is 4. The molecular formula is C71H110N16O5S. The zero-order valence-electron chi connectivity index (χ0n) is 59.1. The third kappa shape index (κ3) is 58.1. The first kappa shape index (κ1) is 94.0. The molecule has 0 fully saturated rings. The molecule has 3 aliphatic heterocycles. The van der Waals surface area contributed by atoms with E-state index in [0.29, 0.717) is 13.5 Å². The van der Waals surface area contributed by atoms with Crippen LogP contribution in [0.25, 0.3) is 22.0 Å². The van der Waals surface area contributed by atoms with Crippen molar-refractivity contribution in [3.8, 4) is 17.2 Å². The summed E-state index contributed by atoms with van der Waals surface area (Å²) in [6, 6.07) is 46.6. The summed E-state index contributed by atoms with van der Waals surface area (Å²) in [5.41, 5.74) is 3.91. The van der Waals surface area contributed by atoms with Crippen molar-refractivity contribution in [2.45, 2.75) is 145 Å². The van der Waals surface area contributed by atoms with Gasteiger partial charge in [-0.1, -0.05) is 217 Å². The smallest absolute Gasteiger partial charge is 0.231 e. The van der Waals surface area contributed by atoms with E-state index in [2.05, 4.69) is 92.2 Å². The molecule has 0 saturated carbocycles. The highest BCUT2D eigenvalue weighted by molar-refractivity contribution is 7.07. The second kappa shape index (κ2) is 86.1. The molecule has 21 nitrogen and oxygen atoms in total. The molecule has 4 aromatic carbocycles. The summed E-state index contributed by atoms with van der Waals surface area (Å²) in [5.74, 6) is 2.76. The Labute approximate surface area is 560 Å². The van der Waals surface area contributed by atoms with Crippen LogP contribution in [-0.4, -0.2) is 80.9 Å². The van der Waals surface area contributed by atoms with Gasteiger partial charge in [0.2, 0.25) is 6.79 Å². The average molecular weight is 1300 g/mol. The van der Waals surface area contributed by atoms with Gasteiger partial charge in [0.25, 0.3) is 0 Å². The number of imidazole rings is 1. The van der Waals surface area contributed by atoms with E-state index in [9.17, 15) is 0 Å². The zero-order chi connectivity index (χ0) is 70.6. The average Bonchev–Trinajstić information content (AvgIpc) is 2.63. The normalized spacial score (nSPS) is 9.08. The van der Waals surface area contributed by atoms with Crippen molar-refractivity contribution in [1.29, 1.82) is 0 Å². The Bertz CT molecular complexity index is 2610. The van der Waals surface area contributed by atoms with Crippen LogP contribution in [-0.2, 0) is 6.42 Å². The van der Waals surface area contributed by atoms with E-state index >= 15 is 0 Å². The minimum Gasteiger partial charge on any atom is -0.493 e. The number of ether oxygens (including phenoxy) is 3. The predicted molar refractivity (Wildman–Crippen MR) is 388 cm³/mol. The second-order valence-electron chi connectivity index (χ2n) is 13.3. The van der Waals surface area contributed by atoms with Crippen molar-refractivity contribution in [1.82, 2.24) is 60.8 Å². The first-order valence-electron chi connectivity index (χ1n) is 31.9. The Hall–Kier alpha value is -10.1. The number of hydrogen-bond acceptors (Lipinski definition) is 19. The van der Waals surface area contributed by atoms with Crippen molar-refractivity contribution in [2.24, 2.45) is 20.7 Å². The number of hydrogen-bond donors (Lipinski definition) is 3. The molecule has 3 aliphatic rings. The monoisotopic (exact) mass is 1300 g/mol. The molecule has 0 spiro atoms. The van der Waals surface area contributed by atoms with Gasteiger partial charge >= 0.3 is 0 Å². The first-order valence-corrected chi connectivity index (χ1v) is 32.9. The Kier molecular flexibility index (Phi) is 87.1. The number of thiophene rings is 1. The zero-order valence-corrected chi connectivity index (χ0v) is 59.9. The number of H-pyrrole nitrogens is 3. The molecule has 22 heteroatoms. The second-order valence-corrected chi connectivity index (χ2v) is 14.1. The van der Waals surface area contributed by atoms with Gasteiger partial charge in [-0.2, -0.15) is 31.8 Å². The maximum Gasteiger partial charge on any atom is 0.231 e. The highest BCUT2D eigenvalue weighted by atomic mass is 32.1. The van der Waals surface area contributed by atoms with Gasteiger partial charge in [-0.25, -0.2) is 19.6 Å². The largest absolute Gasteiger partial charge is 0.493 e. The summed E-state index contributed by atoms with van der Waals surface area (Å²) in [6.45, 7) is 41.6. The Balaban J connectivity index is -0.000000219. The van der Waals surface area contributed by atoms with E-state index in [-0.39, 0.29) is 0 Å². The molecule has 0 bridgehead atoms. The number of furan rings is 1. The summed E-state index contributed by atoms with van der Waals surface area (Å²) < 4.78 is 25.0. The quantitative estimate of drug-likeness (QED) is 0.127. The van der Waals surface area contributed by atoms with E-state index in [4.69, 9.17) is 18.6 Å². The standard InChI is InChI=1S/C8H8O.C8H6O.C7H6O2.C6H4N2O.C5H5N.C4H4N2.C4H4S.2C3H4N2.C2H3N3.10C2H6.CH2N4/c2*1-2-4-8-7(3-1)5-6-9-8;1-2-4-7-6(3-1)8-5-9-7;1-2-4-6-5(3-1)7-9-8-6;1-2-4-6-5-3-1;1-2-5-4-6-3-1;1-2-4-5-3-1;1-2-5-3-4-1;2*1-2-4-5-3-1;10*1-2;1-2-4-5-3-1/h1-4H,5-6H2;1-6H;1-4H,5H2;1-4H;1-5H;1-4H;1-4H;2*1-3H,(H,4,5);1-2H,(H,3,4,5);10*1-2H3;1H2. The maximum atomic E-state index is 5.30. The lowest BCUT2D eigenvalue weighted by atomic mass is 10.2. The van der Waals surface area contributed by atoms with E-state index in [0.717, 1.165) is 52.3 Å². The van der Waals surface area contributed by atoms with E-state index < -0.39 is 0 Å². The molecule has 93 heavy (non-hydrogen) atoms. The van der Waals surface area contributed by atoms with Crippen LogP contribution in [0.4, 0.5) is 0 Å². The van der Waals surface area contributed by atoms with Crippen molar-refractivity contribution < 1.29 is 23.3 Å². The van der Waals surface area contributed by atoms with Gasteiger partial charge in [0, 0.05) is 61.4 Å². The summed E-state index contributed by atoms with van der Waals surface area (Å²) in [6.07, 6.45) is 22.9. The van der Waals surface area contributed by atoms with Gasteiger partial charge in [0.05, 0.1) is 31.6 Å². The van der Waals surface area contributed by atoms with Crippen molar-refractivity contribution in [3.05, 3.63) is 243 Å². The van der Waals surface area contributed by atoms with Crippen molar-refractivity contribution in [3.63, 3.8) is 0 Å². The number of nitrogens with one attached hydrogen (secondary N) is 3. The van der Waals surface area contributed by atoms with Crippen LogP contribution >= 0.6 is 11.3 Å². The molecular weight excluding hydrogens is 1190 g/mol. The minimum atomic E-state index is 0.360. The SMILES string of the molecule is C1N=NN=N1.CC.CC.CC.CC.CC.CC.CC.CC.CC.CC.c1c[nH]cn1.c1ccc2c(c1)CCO2.c1ccc2c(c1)OCO2.c1ccc2nonc2c1.c1ccc2occc2c1.c1ccncc1.c1ccsc1.c1cn[nH]c1.c1cn[nH]n1.c1cncnc1. The number of fused-ring (bicyclic) bond motifs is 4. The highest BCUT2D eigenvalue weighted by Gasteiger charge is 2.10. The summed E-state index contributed by atoms with van der Waals surface area (Å²) in [5, 5.41) is 41.1. The molecule has 0 radical (unpaired) electrons. The fourth-order valence-electron chi connectivity index (χ4n) is 5.13. The Morgan fingerprint density at radius 1 is 0.409 bits per heavy atom. The Morgan fingerprint density at radius 3 is 1.27 bits per heavy atom. The number of nitrogens with zero attached hydrogens (tertiary/aromatic N) is 13. The van der Waals surface area contributed by atoms with Crippen molar-refractivity contribution in [2.75, 3.05) is 20.1 Å². The van der Waals surface area contributed by atoms with Gasteiger partial charge in [-0.3, -0.25) is 10.1 Å². The number of pyridine rings is 1. The maximum absolute atomic E-state index is 5.30. The van der Waals surface area contributed by atoms with E-state index in [1.54, 1.807) is 92.0 Å². The van der Waals surface area contributed by atoms with E-state index in [1.807, 2.05) is 283 Å². The molecule has 12 aromatic rings. The highest BCUT2D eigenvalue weighted by Crippen LogP contribution is 2.30. The molecule has 0 saturated heterocycles. The molecule has 3 N–H and O–H groups in total. The lowest BCUT2D eigenvalue weighted by Crippen LogP contribution is -1.92. The molecule has 0 unspecified atom stereocenters. The predicted octanol–water partition coefficient (Wildman–Crippen LogP) is 21.7. The summed E-state index contributed by atoms with van der Waals surface area (Å²) in [7, 11) is 0. The van der Waals surface area contributed by atoms with Gasteiger partial charge < -0.3 is 23.6 Å². The van der Waals surface area contributed by atoms with Crippen molar-refractivity contribution >= 4 is 33.3 Å². The van der Waals surface area contributed by atoms with Gasteiger partial charge in [0.15, 0.2) is 18.2 Å². The van der Waals surface area contributed by atoms with E-state index in [1.165, 1.54) is 11.9 Å². The fourth-order valence-corrected chi connectivity index (χ4v) is 5.59. The first-order chi connectivity index (χ1) is 46.4. The van der Waals surface area contributed by atoms with Crippen LogP contribution < -0.4 is 14.2 Å². The number of benzene rings is 4. The van der Waals surface area contributed by atoms with Crippen LogP contribution in [0.1, 0.15) is 144 Å². The van der Waals surface area contributed by atoms with Crippen LogP contribution in [0.2, 0.25) is 0 Å². The summed E-state index contributed by atoms with van der Waals surface area (Å²) >= 11 is 1.71. The lowest BCUT2D eigenvalue weighted by molar-refractivity contribution is 0.174. The van der Waals surface area contributed by atoms with Crippen LogP contribution in [0.3, 0.4) is 0 Å². The molecule has 510 valence electrons. The molecule has 11 heterocycles. The molecule has 0 amide bonds. The van der Waals surface area contributed by atoms with Gasteiger partial charge in [-0.15, -0.1) is 10.2 Å². The fraction of sp³-hybridized carbons (Fsp3) is 0.338. The van der Waals surface area contributed by atoms with Crippen LogP contribution in [0.15, 0.2) is 267 Å². The third-order valence-electron chi connectivity index (χ3n) is 8.31. The van der Waals surface area contributed by atoms with Gasteiger partial charge in [0.1, 0.15) is 28.7 Å². The number of aromatic amines is 3. The number of aromatic nitrogens is 12. The molecule has 0 atom stereocenters. The molecule has 15 rings (SSSR count). The minimum absolute atomic E-state index is 0.360. The van der Waals surface area contributed by atoms with Gasteiger partial charge in [-0.05, 0) is 104 Å². The lowest BCUT2D eigenvalue weighted by Gasteiger charge is -1.93. The summed E-state index contributed by atoms with van der Waals surface area (Å²) in [4.78, 5) is 17.5. The molecule has 8 aromatic heterocycles.